The van der Waals surface area contributed by atoms with Gasteiger partial charge < -0.3 is 0 Å². The molecular formula is C32H41O4PSi. The molecule has 0 heterocycles. The molecule has 0 aliphatic heterocycles. The Morgan fingerprint density at radius 3 is 1.61 bits per heavy atom. The Morgan fingerprint density at radius 1 is 0.816 bits per heavy atom. The second kappa shape index (κ2) is 12.8. The van der Waals surface area contributed by atoms with Crippen molar-refractivity contribution in [2.75, 3.05) is 0 Å². The zero-order valence-electron chi connectivity index (χ0n) is 23.2. The molecular weight excluding hydrogens is 507 g/mol. The van der Waals surface area contributed by atoms with Gasteiger partial charge in [-0.3, -0.25) is 0 Å². The van der Waals surface area contributed by atoms with Crippen LogP contribution in [0.5, 0.6) is 0 Å². The van der Waals surface area contributed by atoms with Gasteiger partial charge in [-0.05, 0) is 0 Å². The first kappa shape index (κ1) is 29.7. The van der Waals surface area contributed by atoms with E-state index in [1.807, 2.05) is 24.3 Å². The number of carboxylic acids is 1. The van der Waals surface area contributed by atoms with Crippen molar-refractivity contribution in [2.24, 2.45) is 0 Å². The molecule has 0 saturated carbocycles. The predicted molar refractivity (Wildman–Crippen MR) is 164 cm³/mol. The van der Waals surface area contributed by atoms with Gasteiger partial charge in [-0.2, -0.15) is 0 Å². The van der Waals surface area contributed by atoms with Crippen molar-refractivity contribution in [3.05, 3.63) is 103 Å². The van der Waals surface area contributed by atoms with Gasteiger partial charge in [0, 0.05) is 0 Å². The Morgan fingerprint density at radius 2 is 1.24 bits per heavy atom. The Hall–Kier alpha value is -2.85. The molecule has 0 aromatic heterocycles. The van der Waals surface area contributed by atoms with Crippen molar-refractivity contribution < 1.29 is 19.1 Å². The van der Waals surface area contributed by atoms with Crippen LogP contribution in [0.2, 0.25) is 18.1 Å². The number of hydrogen-bond acceptors (Lipinski definition) is 3. The zero-order chi connectivity index (χ0) is 27.8. The summed E-state index contributed by atoms with van der Waals surface area (Å²) in [6.45, 7) is 10.5. The molecule has 202 valence electrons. The summed E-state index contributed by atoms with van der Waals surface area (Å²) in [7, 11) is -4.79. The van der Waals surface area contributed by atoms with Gasteiger partial charge in [-0.15, -0.1) is 0 Å². The van der Waals surface area contributed by atoms with E-state index >= 15 is 0 Å². The standard InChI is InChI=1S/C32H41O4PSi/c1-32(2,3)38(4,5)36-27(25-31(34)35)24-26(33)16-15-23-37(28-17-9-6-10-18-28,29-19-11-7-12-20-29)30-21-13-8-14-22-30/h6-15,17-23,27,37H,16,24-25H2,1-5H3,(H,34,35)/t27-/m1/s1. The monoisotopic (exact) mass is 548 g/mol. The van der Waals surface area contributed by atoms with Crippen LogP contribution < -0.4 is 15.9 Å². The number of allylic oxidation sites excluding steroid dienone is 1. The van der Waals surface area contributed by atoms with Crippen LogP contribution in [-0.2, 0) is 14.0 Å². The number of ketones is 1. The number of aliphatic carboxylic acids is 1. The van der Waals surface area contributed by atoms with Crippen LogP contribution in [0.25, 0.3) is 0 Å². The minimum absolute atomic E-state index is 0.0108. The molecule has 1 N–H and O–H groups in total. The van der Waals surface area contributed by atoms with Crippen molar-refractivity contribution in [3.8, 4) is 0 Å². The fourth-order valence-electron chi connectivity index (χ4n) is 4.54. The van der Waals surface area contributed by atoms with Crippen molar-refractivity contribution in [2.45, 2.75) is 64.3 Å². The van der Waals surface area contributed by atoms with Crippen LogP contribution in [0, 0.1) is 0 Å². The quantitative estimate of drug-likeness (QED) is 0.209. The van der Waals surface area contributed by atoms with Gasteiger partial charge in [0.25, 0.3) is 0 Å². The summed E-state index contributed by atoms with van der Waals surface area (Å²) in [5.74, 6) is 1.30. The average molecular weight is 549 g/mol. The molecule has 3 aromatic rings. The van der Waals surface area contributed by atoms with Crippen LogP contribution in [-0.4, -0.2) is 31.3 Å². The van der Waals surface area contributed by atoms with Gasteiger partial charge in [-0.1, -0.05) is 0 Å². The fraction of sp³-hybridized carbons (Fsp3) is 0.312. The first-order valence-electron chi connectivity index (χ1n) is 13.2. The van der Waals surface area contributed by atoms with E-state index in [9.17, 15) is 14.7 Å². The number of carboxylic acid groups (broad SMARTS) is 1. The third-order valence-electron chi connectivity index (χ3n) is 7.53. The normalized spacial score (nSPS) is 13.8. The van der Waals surface area contributed by atoms with Crippen LogP contribution >= 0.6 is 7.26 Å². The summed E-state index contributed by atoms with van der Waals surface area (Å²) in [6.07, 6.45) is 1.54. The number of hydrogen-bond donors (Lipinski definition) is 1. The van der Waals surface area contributed by atoms with Crippen molar-refractivity contribution >= 4 is 43.2 Å². The number of rotatable bonds is 12. The van der Waals surface area contributed by atoms with Gasteiger partial charge in [-0.25, -0.2) is 0 Å². The minimum atomic E-state index is -2.57. The molecule has 0 aliphatic rings. The SMILES string of the molecule is CC(C)(C)[Si](C)(C)O[C@@H](CC(=O)O)CC(=O)CC=C[PH](c1ccccc1)(c1ccccc1)c1ccccc1. The number of Topliss-reactive ketones (excluding diaryl/α,β-unsaturated/α-hetero) is 1. The Labute approximate surface area is 229 Å². The van der Waals surface area contributed by atoms with E-state index in [2.05, 4.69) is 112 Å². The second-order valence-corrected chi connectivity index (χ2v) is 19.8. The summed E-state index contributed by atoms with van der Waals surface area (Å²) in [6, 6.07) is 31.5. The molecule has 0 spiro atoms. The van der Waals surface area contributed by atoms with E-state index in [1.165, 1.54) is 15.9 Å². The van der Waals surface area contributed by atoms with E-state index in [0.29, 0.717) is 0 Å². The Kier molecular flexibility index (Phi) is 10.0. The van der Waals surface area contributed by atoms with E-state index < -0.39 is 27.7 Å². The van der Waals surface area contributed by atoms with Crippen LogP contribution in [0.1, 0.15) is 40.0 Å². The molecule has 0 aliphatic carbocycles. The first-order chi connectivity index (χ1) is 18.0. The number of carbonyl (C=O) groups is 2. The van der Waals surface area contributed by atoms with Crippen molar-refractivity contribution in [1.82, 2.24) is 0 Å². The fourth-order valence-corrected chi connectivity index (χ4v) is 10.1. The van der Waals surface area contributed by atoms with Crippen molar-refractivity contribution in [1.29, 1.82) is 0 Å². The van der Waals surface area contributed by atoms with E-state index in [0.717, 1.165) is 0 Å². The number of carbonyl (C=O) groups excluding carboxylic acids is 1. The number of benzene rings is 3. The van der Waals surface area contributed by atoms with Crippen LogP contribution in [0.3, 0.4) is 0 Å². The maximum absolute atomic E-state index is 13.2. The molecule has 0 bridgehead atoms. The Balaban J connectivity index is 1.93. The summed E-state index contributed by atoms with van der Waals surface area (Å²) in [5.41, 5.74) is 0. The van der Waals surface area contributed by atoms with Crippen LogP contribution in [0.15, 0.2) is 103 Å². The molecule has 1 atom stereocenters. The van der Waals surface area contributed by atoms with E-state index in [1.54, 1.807) is 0 Å². The average Bonchev–Trinajstić information content (AvgIpc) is 2.87. The van der Waals surface area contributed by atoms with Gasteiger partial charge in [0.2, 0.25) is 0 Å². The molecule has 0 unspecified atom stereocenters. The first-order valence-corrected chi connectivity index (χ1v) is 18.2. The van der Waals surface area contributed by atoms with Crippen molar-refractivity contribution in [3.63, 3.8) is 0 Å². The summed E-state index contributed by atoms with van der Waals surface area (Å²) in [5, 5.41) is 13.1. The molecule has 0 amide bonds. The molecule has 3 rings (SSSR count). The van der Waals surface area contributed by atoms with E-state index in [-0.39, 0.29) is 30.1 Å². The topological polar surface area (TPSA) is 63.6 Å². The third kappa shape index (κ3) is 7.38. The molecule has 0 fully saturated rings. The van der Waals surface area contributed by atoms with Gasteiger partial charge >= 0.3 is 230 Å². The zero-order valence-corrected chi connectivity index (χ0v) is 25.2. The van der Waals surface area contributed by atoms with Crippen LogP contribution in [0.4, 0.5) is 0 Å². The molecule has 0 radical (unpaired) electrons. The molecule has 0 saturated heterocycles. The summed E-state index contributed by atoms with van der Waals surface area (Å²) < 4.78 is 6.36. The maximum atomic E-state index is 13.2. The van der Waals surface area contributed by atoms with E-state index in [4.69, 9.17) is 4.43 Å². The van der Waals surface area contributed by atoms with Gasteiger partial charge in [0.1, 0.15) is 0 Å². The predicted octanol–water partition coefficient (Wildman–Crippen LogP) is 6.44. The molecule has 3 aromatic carbocycles. The summed E-state index contributed by atoms with van der Waals surface area (Å²) in [4.78, 5) is 24.7. The van der Waals surface area contributed by atoms with Gasteiger partial charge in [0.15, 0.2) is 0 Å². The summed E-state index contributed by atoms with van der Waals surface area (Å²) >= 11 is 0. The third-order valence-corrected chi connectivity index (χ3v) is 16.5. The molecule has 6 heteroatoms. The second-order valence-electron chi connectivity index (χ2n) is 11.4. The molecule has 38 heavy (non-hydrogen) atoms. The molecule has 4 nitrogen and oxygen atoms in total. The van der Waals surface area contributed by atoms with Gasteiger partial charge in [0.05, 0.1) is 0 Å². The Bertz CT molecular complexity index is 1120.